The number of phosphoric ester groups is 1. The first kappa shape index (κ1) is 13.7. The van der Waals surface area contributed by atoms with Gasteiger partial charge in [0.25, 0.3) is 0 Å². The van der Waals surface area contributed by atoms with Crippen molar-refractivity contribution in [2.45, 2.75) is 19.5 Å². The number of carbonyl (C=O) groups is 1. The molecule has 0 unspecified atom stereocenters. The Morgan fingerprint density at radius 2 is 1.88 bits per heavy atom. The number of hydrogen-bond acceptors (Lipinski definition) is 5. The van der Waals surface area contributed by atoms with Gasteiger partial charge in [0.15, 0.2) is 0 Å². The molecule has 8 heteroatoms. The second-order valence-electron chi connectivity index (χ2n) is 3.52. The fraction of sp³-hybridized carbons (Fsp3) is 0.875. The molecule has 2 atom stereocenters. The summed E-state index contributed by atoms with van der Waals surface area (Å²) in [6.45, 7) is 1.23. The van der Waals surface area contributed by atoms with Crippen molar-refractivity contribution < 1.29 is 31.7 Å². The van der Waals surface area contributed by atoms with E-state index in [0.717, 1.165) is 14.2 Å². The van der Waals surface area contributed by atoms with Crippen LogP contribution in [0.2, 0.25) is 0 Å². The lowest BCUT2D eigenvalue weighted by Gasteiger charge is -2.20. The van der Waals surface area contributed by atoms with Crippen LogP contribution in [0.4, 0.5) is 8.78 Å². The molecule has 0 aliphatic heterocycles. The Morgan fingerprint density at radius 3 is 2.19 bits per heavy atom. The van der Waals surface area contributed by atoms with Crippen molar-refractivity contribution >= 4 is 13.6 Å². The molecule has 0 bridgehead atoms. The minimum atomic E-state index is -4.23. The average molecular weight is 258 g/mol. The van der Waals surface area contributed by atoms with E-state index in [0.29, 0.717) is 0 Å². The van der Waals surface area contributed by atoms with Gasteiger partial charge in [-0.15, -0.1) is 0 Å². The van der Waals surface area contributed by atoms with Gasteiger partial charge in [-0.05, 0) is 13.3 Å². The minimum Gasteiger partial charge on any atom is -0.300 e. The van der Waals surface area contributed by atoms with Crippen molar-refractivity contribution in [2.75, 3.05) is 14.2 Å². The van der Waals surface area contributed by atoms with Gasteiger partial charge in [0, 0.05) is 20.1 Å². The minimum absolute atomic E-state index is 0.0236. The molecule has 0 amide bonds. The predicted octanol–water partition coefficient (Wildman–Crippen LogP) is 2.22. The number of halogens is 2. The molecule has 1 fully saturated rings. The SMILES string of the molecule is COP(=O)(OC)OC(F)(F)[C@@H]1C[C@H]1C(C)=O. The van der Waals surface area contributed by atoms with Gasteiger partial charge >= 0.3 is 13.9 Å². The lowest BCUT2D eigenvalue weighted by molar-refractivity contribution is -0.207. The molecule has 0 aromatic rings. The van der Waals surface area contributed by atoms with Gasteiger partial charge in [-0.3, -0.25) is 13.8 Å². The largest absolute Gasteiger partial charge is 0.479 e. The maximum absolute atomic E-state index is 13.4. The van der Waals surface area contributed by atoms with Crippen molar-refractivity contribution in [3.8, 4) is 0 Å². The Labute approximate surface area is 91.7 Å². The summed E-state index contributed by atoms with van der Waals surface area (Å²) in [4.78, 5) is 10.8. The summed E-state index contributed by atoms with van der Waals surface area (Å²) in [5.74, 6) is -2.32. The Balaban J connectivity index is 2.66. The number of alkyl halides is 2. The monoisotopic (exact) mass is 258 g/mol. The number of carbonyl (C=O) groups excluding carboxylic acids is 1. The lowest BCUT2D eigenvalue weighted by Crippen LogP contribution is -2.25. The second kappa shape index (κ2) is 4.49. The standard InChI is InChI=1S/C8H13F2O5P/c1-5(11)6-4-7(6)8(9,10)15-16(12,13-2)14-3/h6-7H,4H2,1-3H3/t6-,7+/m0/s1. The molecule has 1 aliphatic carbocycles. The fourth-order valence-corrected chi connectivity index (χ4v) is 2.11. The van der Waals surface area contributed by atoms with Crippen molar-refractivity contribution in [2.24, 2.45) is 11.8 Å². The number of Topliss-reactive ketones (excluding diaryl/α,β-unsaturated/α-hetero) is 1. The van der Waals surface area contributed by atoms with Crippen LogP contribution in [-0.2, 0) is 22.9 Å². The summed E-state index contributed by atoms with van der Waals surface area (Å²) < 4.78 is 50.6. The molecule has 1 aliphatic rings. The van der Waals surface area contributed by atoms with Crippen LogP contribution in [0.5, 0.6) is 0 Å². The highest BCUT2D eigenvalue weighted by Gasteiger charge is 2.60. The highest BCUT2D eigenvalue weighted by atomic mass is 31.2. The van der Waals surface area contributed by atoms with Gasteiger partial charge in [-0.25, -0.2) is 9.09 Å². The first-order chi connectivity index (χ1) is 7.25. The third-order valence-corrected chi connectivity index (χ3v) is 3.79. The van der Waals surface area contributed by atoms with Crippen LogP contribution in [0, 0.1) is 11.8 Å². The summed E-state index contributed by atoms with van der Waals surface area (Å²) in [5.41, 5.74) is 0. The summed E-state index contributed by atoms with van der Waals surface area (Å²) >= 11 is 0. The molecule has 0 radical (unpaired) electrons. The van der Waals surface area contributed by atoms with Gasteiger partial charge < -0.3 is 0 Å². The van der Waals surface area contributed by atoms with Gasteiger partial charge in [0.2, 0.25) is 0 Å². The van der Waals surface area contributed by atoms with E-state index in [1.165, 1.54) is 6.92 Å². The Morgan fingerprint density at radius 1 is 1.38 bits per heavy atom. The molecular weight excluding hydrogens is 245 g/mol. The van der Waals surface area contributed by atoms with Gasteiger partial charge in [0.1, 0.15) is 5.78 Å². The van der Waals surface area contributed by atoms with Crippen molar-refractivity contribution in [1.29, 1.82) is 0 Å². The van der Waals surface area contributed by atoms with Crippen LogP contribution < -0.4 is 0 Å². The third kappa shape index (κ3) is 2.85. The molecule has 5 nitrogen and oxygen atoms in total. The Hall–Kier alpha value is -0.360. The molecule has 0 spiro atoms. The zero-order valence-electron chi connectivity index (χ0n) is 9.11. The van der Waals surface area contributed by atoms with Crippen LogP contribution in [0.15, 0.2) is 0 Å². The molecular formula is C8H13F2O5P. The van der Waals surface area contributed by atoms with Gasteiger partial charge in [0.05, 0.1) is 5.92 Å². The molecule has 0 aromatic heterocycles. The highest BCUT2D eigenvalue weighted by Crippen LogP contribution is 2.59. The van der Waals surface area contributed by atoms with E-state index < -0.39 is 25.8 Å². The van der Waals surface area contributed by atoms with E-state index >= 15 is 0 Å². The fourth-order valence-electron chi connectivity index (χ4n) is 1.38. The van der Waals surface area contributed by atoms with E-state index in [4.69, 9.17) is 0 Å². The Kier molecular flexibility index (Phi) is 3.84. The van der Waals surface area contributed by atoms with Crippen molar-refractivity contribution in [3.63, 3.8) is 0 Å². The van der Waals surface area contributed by atoms with Crippen LogP contribution in [0.25, 0.3) is 0 Å². The number of phosphoric acid groups is 1. The van der Waals surface area contributed by atoms with Crippen molar-refractivity contribution in [1.82, 2.24) is 0 Å². The zero-order chi connectivity index (χ0) is 12.6. The van der Waals surface area contributed by atoms with E-state index in [1.54, 1.807) is 0 Å². The first-order valence-corrected chi connectivity index (χ1v) is 6.02. The summed E-state index contributed by atoms with van der Waals surface area (Å²) in [6, 6.07) is 0. The Bertz CT molecular complexity index is 324. The quantitative estimate of drug-likeness (QED) is 0.683. The number of ketones is 1. The summed E-state index contributed by atoms with van der Waals surface area (Å²) in [5, 5.41) is 0. The normalized spacial score (nSPS) is 25.6. The topological polar surface area (TPSA) is 61.8 Å². The zero-order valence-corrected chi connectivity index (χ0v) is 10.0. The molecule has 0 aromatic carbocycles. The van der Waals surface area contributed by atoms with E-state index in [2.05, 4.69) is 13.6 Å². The van der Waals surface area contributed by atoms with E-state index in [9.17, 15) is 18.1 Å². The smallest absolute Gasteiger partial charge is 0.300 e. The maximum Gasteiger partial charge on any atom is 0.479 e. The van der Waals surface area contributed by atoms with Crippen LogP contribution in [-0.4, -0.2) is 26.1 Å². The predicted molar refractivity (Wildman–Crippen MR) is 49.9 cm³/mol. The van der Waals surface area contributed by atoms with E-state index in [-0.39, 0.29) is 12.2 Å². The molecule has 94 valence electrons. The molecule has 0 heterocycles. The maximum atomic E-state index is 13.4. The third-order valence-electron chi connectivity index (χ3n) is 2.43. The second-order valence-corrected chi connectivity index (χ2v) is 5.33. The molecule has 0 N–H and O–H groups in total. The van der Waals surface area contributed by atoms with Crippen LogP contribution in [0.3, 0.4) is 0 Å². The molecule has 0 saturated heterocycles. The average Bonchev–Trinajstić information content (AvgIpc) is 2.97. The van der Waals surface area contributed by atoms with Crippen LogP contribution >= 0.6 is 7.82 Å². The highest BCUT2D eigenvalue weighted by molar-refractivity contribution is 7.48. The van der Waals surface area contributed by atoms with Gasteiger partial charge in [-0.1, -0.05) is 0 Å². The van der Waals surface area contributed by atoms with Crippen molar-refractivity contribution in [3.05, 3.63) is 0 Å². The van der Waals surface area contributed by atoms with E-state index in [1.807, 2.05) is 0 Å². The molecule has 1 rings (SSSR count). The number of rotatable bonds is 6. The van der Waals surface area contributed by atoms with Crippen LogP contribution in [0.1, 0.15) is 13.3 Å². The molecule has 1 saturated carbocycles. The summed E-state index contributed by atoms with van der Waals surface area (Å²) in [7, 11) is -2.35. The first-order valence-electron chi connectivity index (χ1n) is 4.56. The lowest BCUT2D eigenvalue weighted by atomic mass is 10.2. The molecule has 16 heavy (non-hydrogen) atoms. The van der Waals surface area contributed by atoms with Gasteiger partial charge in [-0.2, -0.15) is 8.78 Å². The summed E-state index contributed by atoms with van der Waals surface area (Å²) in [6.07, 6.45) is -3.66. The number of hydrogen-bond donors (Lipinski definition) is 0.